The van der Waals surface area contributed by atoms with Crippen LogP contribution in [0.3, 0.4) is 0 Å². The van der Waals surface area contributed by atoms with Gasteiger partial charge in [0, 0.05) is 30.5 Å². The topological polar surface area (TPSA) is 44.9 Å². The van der Waals surface area contributed by atoms with E-state index >= 15 is 0 Å². The first kappa shape index (κ1) is 14.5. The summed E-state index contributed by atoms with van der Waals surface area (Å²) in [6.07, 6.45) is 6.32. The third kappa shape index (κ3) is 2.34. The Hall–Kier alpha value is -1.85. The second-order valence-corrected chi connectivity index (χ2v) is 7.11. The molecule has 0 atom stereocenters. The summed E-state index contributed by atoms with van der Waals surface area (Å²) < 4.78 is 10.0. The quantitative estimate of drug-likeness (QED) is 0.715. The maximum atomic E-state index is 6.17. The molecule has 2 aromatic heterocycles. The number of halogens is 1. The second kappa shape index (κ2) is 5.60. The molecular formula is C18H19ClN4O. The predicted molar refractivity (Wildman–Crippen MR) is 93.3 cm³/mol. The lowest BCUT2D eigenvalue weighted by molar-refractivity contribution is 0.0667. The van der Waals surface area contributed by atoms with Crippen molar-refractivity contribution in [1.82, 2.24) is 19.3 Å². The summed E-state index contributed by atoms with van der Waals surface area (Å²) in [5.74, 6) is 1.01. The first-order valence-electron chi connectivity index (χ1n) is 8.60. The minimum atomic E-state index is 0.389. The SMILES string of the molecule is Clc1ccc2c(c1)nc(-c1ccnn1C1CCOCC1)n2C1CC1. The van der Waals surface area contributed by atoms with E-state index in [0.717, 1.165) is 53.6 Å². The summed E-state index contributed by atoms with van der Waals surface area (Å²) in [4.78, 5) is 4.92. The van der Waals surface area contributed by atoms with Gasteiger partial charge >= 0.3 is 0 Å². The predicted octanol–water partition coefficient (Wildman–Crippen LogP) is 4.24. The summed E-state index contributed by atoms with van der Waals surface area (Å²) in [6.45, 7) is 1.61. The van der Waals surface area contributed by atoms with E-state index in [1.807, 2.05) is 18.3 Å². The molecule has 1 saturated heterocycles. The number of imidazole rings is 1. The molecule has 0 unspecified atom stereocenters. The van der Waals surface area contributed by atoms with Crippen LogP contribution in [0, 0.1) is 0 Å². The molecule has 5 rings (SSSR count). The molecule has 0 radical (unpaired) electrons. The van der Waals surface area contributed by atoms with Crippen molar-refractivity contribution in [3.63, 3.8) is 0 Å². The van der Waals surface area contributed by atoms with Gasteiger partial charge in [0.25, 0.3) is 0 Å². The van der Waals surface area contributed by atoms with Crippen LogP contribution in [0.5, 0.6) is 0 Å². The summed E-state index contributed by atoms with van der Waals surface area (Å²) in [5.41, 5.74) is 3.22. The fourth-order valence-electron chi connectivity index (χ4n) is 3.67. The van der Waals surface area contributed by atoms with E-state index in [4.69, 9.17) is 21.3 Å². The van der Waals surface area contributed by atoms with Crippen LogP contribution in [0.25, 0.3) is 22.6 Å². The molecule has 5 nitrogen and oxygen atoms in total. The van der Waals surface area contributed by atoms with E-state index in [-0.39, 0.29) is 0 Å². The second-order valence-electron chi connectivity index (χ2n) is 6.67. The highest BCUT2D eigenvalue weighted by molar-refractivity contribution is 6.31. The van der Waals surface area contributed by atoms with E-state index in [1.54, 1.807) is 0 Å². The Kier molecular flexibility index (Phi) is 3.38. The van der Waals surface area contributed by atoms with Crippen molar-refractivity contribution in [2.24, 2.45) is 0 Å². The Labute approximate surface area is 145 Å². The zero-order valence-corrected chi connectivity index (χ0v) is 14.1. The van der Waals surface area contributed by atoms with Crippen molar-refractivity contribution in [2.75, 3.05) is 13.2 Å². The Morgan fingerprint density at radius 1 is 1.04 bits per heavy atom. The van der Waals surface area contributed by atoms with E-state index in [2.05, 4.69) is 26.5 Å². The largest absolute Gasteiger partial charge is 0.381 e. The van der Waals surface area contributed by atoms with Crippen molar-refractivity contribution >= 4 is 22.6 Å². The molecule has 1 aliphatic heterocycles. The molecule has 1 aliphatic carbocycles. The van der Waals surface area contributed by atoms with Gasteiger partial charge in [0.15, 0.2) is 5.82 Å². The van der Waals surface area contributed by atoms with Gasteiger partial charge in [-0.25, -0.2) is 4.98 Å². The average molecular weight is 343 g/mol. The van der Waals surface area contributed by atoms with Crippen LogP contribution in [0.2, 0.25) is 5.02 Å². The Morgan fingerprint density at radius 3 is 2.67 bits per heavy atom. The third-order valence-corrected chi connectivity index (χ3v) is 5.23. The molecule has 0 spiro atoms. The van der Waals surface area contributed by atoms with Crippen LogP contribution >= 0.6 is 11.6 Å². The van der Waals surface area contributed by atoms with Crippen LogP contribution in [0.1, 0.15) is 37.8 Å². The van der Waals surface area contributed by atoms with Gasteiger partial charge in [0.05, 0.1) is 17.1 Å². The van der Waals surface area contributed by atoms with Crippen molar-refractivity contribution < 1.29 is 4.74 Å². The van der Waals surface area contributed by atoms with E-state index in [0.29, 0.717) is 12.1 Å². The molecule has 3 aromatic rings. The van der Waals surface area contributed by atoms with E-state index < -0.39 is 0 Å². The summed E-state index contributed by atoms with van der Waals surface area (Å²) >= 11 is 6.17. The van der Waals surface area contributed by atoms with Gasteiger partial charge in [-0.2, -0.15) is 5.10 Å². The van der Waals surface area contributed by atoms with Crippen LogP contribution in [0.4, 0.5) is 0 Å². The van der Waals surface area contributed by atoms with Gasteiger partial charge in [0.1, 0.15) is 5.69 Å². The fourth-order valence-corrected chi connectivity index (χ4v) is 3.83. The zero-order valence-electron chi connectivity index (χ0n) is 13.4. The van der Waals surface area contributed by atoms with Crippen LogP contribution in [-0.2, 0) is 4.74 Å². The number of ether oxygens (including phenoxy) is 1. The van der Waals surface area contributed by atoms with Gasteiger partial charge in [0.2, 0.25) is 0 Å². The zero-order chi connectivity index (χ0) is 16.1. The molecule has 124 valence electrons. The standard InChI is InChI=1S/C18H19ClN4O/c19-12-1-4-16-15(11-12)21-18(22(16)13-2-3-13)17-5-8-20-23(17)14-6-9-24-10-7-14/h1,4-5,8,11,13-14H,2-3,6-7,9-10H2. The Balaban J connectivity index is 1.67. The lowest BCUT2D eigenvalue weighted by atomic mass is 10.1. The van der Waals surface area contributed by atoms with Crippen molar-refractivity contribution in [2.45, 2.75) is 37.8 Å². The number of rotatable bonds is 3. The van der Waals surface area contributed by atoms with Gasteiger partial charge in [-0.15, -0.1) is 0 Å². The number of aromatic nitrogens is 4. The highest BCUT2D eigenvalue weighted by Gasteiger charge is 2.30. The summed E-state index contributed by atoms with van der Waals surface area (Å²) in [6, 6.07) is 9.00. The number of nitrogens with zero attached hydrogens (tertiary/aromatic N) is 4. The molecule has 1 aromatic carbocycles. The lowest BCUT2D eigenvalue weighted by Gasteiger charge is -2.24. The number of benzene rings is 1. The average Bonchev–Trinajstić information content (AvgIpc) is 3.20. The summed E-state index contributed by atoms with van der Waals surface area (Å²) in [5, 5.41) is 5.34. The molecule has 0 amide bonds. The van der Waals surface area contributed by atoms with Gasteiger partial charge in [-0.1, -0.05) is 11.6 Å². The number of hydrogen-bond acceptors (Lipinski definition) is 3. The Bertz CT molecular complexity index is 890. The first-order chi connectivity index (χ1) is 11.8. The van der Waals surface area contributed by atoms with Crippen molar-refractivity contribution in [3.05, 3.63) is 35.5 Å². The van der Waals surface area contributed by atoms with Gasteiger partial charge in [-0.3, -0.25) is 4.68 Å². The lowest BCUT2D eigenvalue weighted by Crippen LogP contribution is -2.21. The maximum absolute atomic E-state index is 6.17. The molecule has 1 saturated carbocycles. The van der Waals surface area contributed by atoms with Crippen LogP contribution in [-0.4, -0.2) is 32.5 Å². The molecule has 3 heterocycles. The Morgan fingerprint density at radius 2 is 1.88 bits per heavy atom. The van der Waals surface area contributed by atoms with Gasteiger partial charge in [-0.05, 0) is 49.9 Å². The molecule has 2 fully saturated rings. The third-order valence-electron chi connectivity index (χ3n) is 5.00. The van der Waals surface area contributed by atoms with Crippen molar-refractivity contribution in [3.8, 4) is 11.5 Å². The van der Waals surface area contributed by atoms with Crippen LogP contribution < -0.4 is 0 Å². The van der Waals surface area contributed by atoms with E-state index in [9.17, 15) is 0 Å². The van der Waals surface area contributed by atoms with Crippen LogP contribution in [0.15, 0.2) is 30.5 Å². The van der Waals surface area contributed by atoms with E-state index in [1.165, 1.54) is 12.8 Å². The molecular weight excluding hydrogens is 324 g/mol. The van der Waals surface area contributed by atoms with Gasteiger partial charge < -0.3 is 9.30 Å². The molecule has 2 aliphatic rings. The monoisotopic (exact) mass is 342 g/mol. The highest BCUT2D eigenvalue weighted by atomic mass is 35.5. The smallest absolute Gasteiger partial charge is 0.159 e. The first-order valence-corrected chi connectivity index (χ1v) is 8.98. The molecule has 0 N–H and O–H groups in total. The number of hydrogen-bond donors (Lipinski definition) is 0. The molecule has 24 heavy (non-hydrogen) atoms. The number of fused-ring (bicyclic) bond motifs is 1. The minimum Gasteiger partial charge on any atom is -0.381 e. The molecule has 6 heteroatoms. The van der Waals surface area contributed by atoms with Crippen molar-refractivity contribution in [1.29, 1.82) is 0 Å². The minimum absolute atomic E-state index is 0.389. The normalized spacial score (nSPS) is 19.2. The highest BCUT2D eigenvalue weighted by Crippen LogP contribution is 2.42. The maximum Gasteiger partial charge on any atom is 0.159 e. The fraction of sp³-hybridized carbons (Fsp3) is 0.444. The summed E-state index contributed by atoms with van der Waals surface area (Å²) in [7, 11) is 0. The molecule has 0 bridgehead atoms.